The van der Waals surface area contributed by atoms with Gasteiger partial charge in [0.2, 0.25) is 5.91 Å². The number of hydrogen-bond acceptors (Lipinski definition) is 5. The van der Waals surface area contributed by atoms with E-state index in [0.717, 1.165) is 28.5 Å². The molecule has 19 heavy (non-hydrogen) atoms. The van der Waals surface area contributed by atoms with Gasteiger partial charge in [0.1, 0.15) is 5.76 Å². The normalized spacial score (nSPS) is 10.6. The van der Waals surface area contributed by atoms with Crippen molar-refractivity contribution >= 4 is 17.7 Å². The first-order chi connectivity index (χ1) is 9.16. The lowest BCUT2D eigenvalue weighted by Crippen LogP contribution is -2.24. The number of thioether (sulfide) groups is 1. The molecule has 0 aliphatic rings. The summed E-state index contributed by atoms with van der Waals surface area (Å²) in [6.45, 7) is 4.27. The van der Waals surface area contributed by atoms with Crippen molar-refractivity contribution in [3.8, 4) is 0 Å². The molecule has 2 heterocycles. The van der Waals surface area contributed by atoms with Crippen molar-refractivity contribution in [2.24, 2.45) is 0 Å². The summed E-state index contributed by atoms with van der Waals surface area (Å²) < 4.78 is 5.07. The molecule has 2 aromatic rings. The van der Waals surface area contributed by atoms with Crippen LogP contribution in [-0.4, -0.2) is 26.8 Å². The van der Waals surface area contributed by atoms with Crippen LogP contribution in [0.3, 0.4) is 0 Å². The molecule has 2 N–H and O–H groups in total. The maximum atomic E-state index is 11.6. The lowest BCUT2D eigenvalue weighted by Gasteiger charge is -2.03. The van der Waals surface area contributed by atoms with Gasteiger partial charge in [-0.2, -0.15) is 0 Å². The Hall–Kier alpha value is -1.76. The summed E-state index contributed by atoms with van der Waals surface area (Å²) >= 11 is 1.55. The Morgan fingerprint density at radius 3 is 3.00 bits per heavy atom. The predicted molar refractivity (Wildman–Crippen MR) is 72.6 cm³/mol. The molecule has 0 saturated heterocycles. The largest absolute Gasteiger partial charge is 0.361 e. The molecule has 0 atom stereocenters. The molecule has 0 radical (unpaired) electrons. The monoisotopic (exact) mass is 280 g/mol. The van der Waals surface area contributed by atoms with Crippen molar-refractivity contribution in [2.45, 2.75) is 26.1 Å². The van der Waals surface area contributed by atoms with Crippen LogP contribution in [-0.2, 0) is 17.1 Å². The molecule has 0 aliphatic carbocycles. The lowest BCUT2D eigenvalue weighted by molar-refractivity contribution is -0.118. The first-order valence-corrected chi connectivity index (χ1v) is 7.05. The predicted octanol–water partition coefficient (Wildman–Crippen LogP) is 1.56. The third-order valence-electron chi connectivity index (χ3n) is 2.69. The molecule has 6 nitrogen and oxygen atoms in total. The maximum absolute atomic E-state index is 11.6. The zero-order chi connectivity index (χ0) is 13.7. The molecule has 0 saturated carbocycles. The van der Waals surface area contributed by atoms with E-state index in [1.165, 1.54) is 0 Å². The highest BCUT2D eigenvalue weighted by Gasteiger charge is 2.10. The van der Waals surface area contributed by atoms with Crippen molar-refractivity contribution in [3.63, 3.8) is 0 Å². The number of aryl methyl sites for hydroxylation is 2. The fourth-order valence-electron chi connectivity index (χ4n) is 1.58. The Labute approximate surface area is 115 Å². The number of nitrogens with one attached hydrogen (secondary N) is 2. The summed E-state index contributed by atoms with van der Waals surface area (Å²) in [7, 11) is 0. The van der Waals surface area contributed by atoms with Gasteiger partial charge in [-0.3, -0.25) is 4.79 Å². The Balaban J connectivity index is 1.69. The van der Waals surface area contributed by atoms with Crippen LogP contribution in [0.15, 0.2) is 17.0 Å². The third kappa shape index (κ3) is 3.85. The highest BCUT2D eigenvalue weighted by Crippen LogP contribution is 2.19. The van der Waals surface area contributed by atoms with Gasteiger partial charge < -0.3 is 14.8 Å². The van der Waals surface area contributed by atoms with Crippen LogP contribution >= 0.6 is 11.8 Å². The van der Waals surface area contributed by atoms with Gasteiger partial charge in [-0.1, -0.05) is 5.16 Å². The number of carbonyl (C=O) groups is 1. The number of hydrogen-bond donors (Lipinski definition) is 2. The van der Waals surface area contributed by atoms with Crippen LogP contribution in [0.2, 0.25) is 0 Å². The number of carbonyl (C=O) groups excluding carboxylic acids is 1. The third-order valence-corrected chi connectivity index (χ3v) is 3.65. The van der Waals surface area contributed by atoms with Gasteiger partial charge in [-0.05, 0) is 13.8 Å². The molecule has 1 amide bonds. The SMILES string of the molecule is Cc1noc(C)c1CSCC(=O)NCc1cnc[nH]1. The number of rotatable bonds is 6. The van der Waals surface area contributed by atoms with E-state index >= 15 is 0 Å². The van der Waals surface area contributed by atoms with E-state index in [-0.39, 0.29) is 5.91 Å². The molecule has 2 rings (SSSR count). The van der Waals surface area contributed by atoms with Gasteiger partial charge in [0.15, 0.2) is 0 Å². The molecular formula is C12H16N4O2S. The molecule has 102 valence electrons. The van der Waals surface area contributed by atoms with Gasteiger partial charge >= 0.3 is 0 Å². The Morgan fingerprint density at radius 1 is 1.53 bits per heavy atom. The minimum absolute atomic E-state index is 0.00589. The molecule has 0 bridgehead atoms. The van der Waals surface area contributed by atoms with Crippen LogP contribution < -0.4 is 5.32 Å². The quantitative estimate of drug-likeness (QED) is 0.839. The Morgan fingerprint density at radius 2 is 2.37 bits per heavy atom. The zero-order valence-corrected chi connectivity index (χ0v) is 11.7. The van der Waals surface area contributed by atoms with Crippen molar-refractivity contribution in [1.29, 1.82) is 0 Å². The van der Waals surface area contributed by atoms with Crippen LogP contribution in [0.1, 0.15) is 22.7 Å². The molecule has 2 aromatic heterocycles. The lowest BCUT2D eigenvalue weighted by atomic mass is 10.2. The highest BCUT2D eigenvalue weighted by atomic mass is 32.2. The fourth-order valence-corrected chi connectivity index (χ4v) is 2.59. The maximum Gasteiger partial charge on any atom is 0.230 e. The minimum Gasteiger partial charge on any atom is -0.361 e. The highest BCUT2D eigenvalue weighted by molar-refractivity contribution is 7.99. The number of imidazole rings is 1. The molecular weight excluding hydrogens is 264 g/mol. The summed E-state index contributed by atoms with van der Waals surface area (Å²) in [5.41, 5.74) is 2.86. The van der Waals surface area contributed by atoms with E-state index in [2.05, 4.69) is 20.4 Å². The van der Waals surface area contributed by atoms with Gasteiger partial charge in [0.05, 0.1) is 30.0 Å². The Bertz CT molecular complexity index is 516. The number of amides is 1. The molecule has 0 spiro atoms. The second-order valence-electron chi connectivity index (χ2n) is 4.15. The van der Waals surface area contributed by atoms with Crippen molar-refractivity contribution < 1.29 is 9.32 Å². The number of H-pyrrole nitrogens is 1. The molecule has 7 heteroatoms. The topological polar surface area (TPSA) is 83.8 Å². The minimum atomic E-state index is 0.00589. The van der Waals surface area contributed by atoms with Crippen LogP contribution in [0.5, 0.6) is 0 Å². The molecule has 0 aliphatic heterocycles. The van der Waals surface area contributed by atoms with Crippen molar-refractivity contribution in [3.05, 3.63) is 35.2 Å². The number of nitrogens with zero attached hydrogens (tertiary/aromatic N) is 2. The van der Waals surface area contributed by atoms with Gasteiger partial charge in [-0.15, -0.1) is 11.8 Å². The van der Waals surface area contributed by atoms with Crippen LogP contribution in [0, 0.1) is 13.8 Å². The summed E-state index contributed by atoms with van der Waals surface area (Å²) in [4.78, 5) is 18.4. The average molecular weight is 280 g/mol. The van der Waals surface area contributed by atoms with Gasteiger partial charge in [0.25, 0.3) is 0 Å². The fraction of sp³-hybridized carbons (Fsp3) is 0.417. The molecule has 0 aromatic carbocycles. The second-order valence-corrected chi connectivity index (χ2v) is 5.13. The van der Waals surface area contributed by atoms with E-state index in [1.54, 1.807) is 24.3 Å². The van der Waals surface area contributed by atoms with Gasteiger partial charge in [-0.25, -0.2) is 4.98 Å². The zero-order valence-electron chi connectivity index (χ0n) is 10.9. The first-order valence-electron chi connectivity index (χ1n) is 5.90. The van der Waals surface area contributed by atoms with Crippen molar-refractivity contribution in [2.75, 3.05) is 5.75 Å². The Kier molecular flexibility index (Phi) is 4.62. The van der Waals surface area contributed by atoms with E-state index in [9.17, 15) is 4.79 Å². The van der Waals surface area contributed by atoms with Crippen LogP contribution in [0.25, 0.3) is 0 Å². The number of aromatic nitrogens is 3. The van der Waals surface area contributed by atoms with E-state index in [1.807, 2.05) is 13.8 Å². The summed E-state index contributed by atoms with van der Waals surface area (Å²) in [6, 6.07) is 0. The summed E-state index contributed by atoms with van der Waals surface area (Å²) in [5, 5.41) is 6.71. The first kappa shape index (κ1) is 13.7. The van der Waals surface area contributed by atoms with Crippen molar-refractivity contribution in [1.82, 2.24) is 20.4 Å². The second kappa shape index (κ2) is 6.42. The summed E-state index contributed by atoms with van der Waals surface area (Å²) in [5.74, 6) is 1.98. The molecule has 0 unspecified atom stereocenters. The van der Waals surface area contributed by atoms with Gasteiger partial charge in [0, 0.05) is 17.5 Å². The van der Waals surface area contributed by atoms with E-state index in [0.29, 0.717) is 12.3 Å². The number of aromatic amines is 1. The summed E-state index contributed by atoms with van der Waals surface area (Å²) in [6.07, 6.45) is 3.28. The average Bonchev–Trinajstić information content (AvgIpc) is 3.00. The van der Waals surface area contributed by atoms with Crippen LogP contribution in [0.4, 0.5) is 0 Å². The van der Waals surface area contributed by atoms with E-state index in [4.69, 9.17) is 4.52 Å². The van der Waals surface area contributed by atoms with E-state index < -0.39 is 0 Å². The smallest absolute Gasteiger partial charge is 0.230 e. The standard InChI is InChI=1S/C12H16N4O2S/c1-8-11(9(2)18-16-8)5-19-6-12(17)14-4-10-3-13-7-15-10/h3,7H,4-6H2,1-2H3,(H,13,15)(H,14,17). The molecule has 0 fully saturated rings.